The quantitative estimate of drug-likeness (QED) is 0.620. The van der Waals surface area contributed by atoms with Crippen LogP contribution in [0.1, 0.15) is 36.5 Å². The number of aliphatic imine (C=N–C) groups is 1. The number of halogens is 3. The summed E-state index contributed by atoms with van der Waals surface area (Å²) in [4.78, 5) is 6.07. The number of hydrogen-bond acceptors (Lipinski definition) is 2. The van der Waals surface area contributed by atoms with Crippen molar-refractivity contribution in [3.63, 3.8) is 0 Å². The molecular weight excluding hydrogens is 341 g/mol. The van der Waals surface area contributed by atoms with Gasteiger partial charge in [0, 0.05) is 25.7 Å². The molecule has 4 nitrogen and oxygen atoms in total. The summed E-state index contributed by atoms with van der Waals surface area (Å²) in [5.41, 5.74) is 4.04. The van der Waals surface area contributed by atoms with Crippen LogP contribution in [0.25, 0.3) is 0 Å². The largest absolute Gasteiger partial charge is 0.401 e. The molecule has 26 heavy (non-hydrogen) atoms. The van der Waals surface area contributed by atoms with Gasteiger partial charge in [-0.05, 0) is 49.3 Å². The minimum atomic E-state index is -4.14. The first-order valence-electron chi connectivity index (χ1n) is 9.37. The third-order valence-electron chi connectivity index (χ3n) is 4.94. The van der Waals surface area contributed by atoms with Crippen molar-refractivity contribution in [1.82, 2.24) is 15.5 Å². The van der Waals surface area contributed by atoms with Gasteiger partial charge in [-0.2, -0.15) is 13.2 Å². The lowest BCUT2D eigenvalue weighted by atomic mass is 10.1. The minimum absolute atomic E-state index is 0.00447. The normalized spacial score (nSPS) is 21.1. The molecule has 1 fully saturated rings. The molecule has 7 heteroatoms. The van der Waals surface area contributed by atoms with Crippen molar-refractivity contribution in [3.05, 3.63) is 34.9 Å². The molecule has 0 radical (unpaired) electrons. The molecule has 1 aromatic carbocycles. The Labute approximate surface area is 152 Å². The van der Waals surface area contributed by atoms with Crippen molar-refractivity contribution < 1.29 is 13.2 Å². The van der Waals surface area contributed by atoms with Crippen LogP contribution in [0.4, 0.5) is 13.2 Å². The van der Waals surface area contributed by atoms with Crippen LogP contribution in [0.2, 0.25) is 0 Å². The lowest BCUT2D eigenvalue weighted by molar-refractivity contribution is -0.143. The van der Waals surface area contributed by atoms with Gasteiger partial charge in [-0.15, -0.1) is 0 Å². The van der Waals surface area contributed by atoms with Gasteiger partial charge in [0.1, 0.15) is 0 Å². The molecule has 1 saturated heterocycles. The third kappa shape index (κ3) is 5.37. The molecule has 0 spiro atoms. The fourth-order valence-corrected chi connectivity index (χ4v) is 3.75. The summed E-state index contributed by atoms with van der Waals surface area (Å²) in [6, 6.07) is 6.54. The van der Waals surface area contributed by atoms with E-state index in [1.165, 1.54) is 34.4 Å². The first-order chi connectivity index (χ1) is 12.4. The highest BCUT2D eigenvalue weighted by Gasteiger charge is 2.34. The Balaban J connectivity index is 1.56. The average molecular weight is 368 g/mol. The van der Waals surface area contributed by atoms with Gasteiger partial charge >= 0.3 is 6.18 Å². The number of nitrogens with zero attached hydrogens (tertiary/aromatic N) is 2. The van der Waals surface area contributed by atoms with E-state index in [2.05, 4.69) is 33.8 Å². The Bertz CT molecular complexity index is 642. The molecule has 144 valence electrons. The molecule has 2 aliphatic rings. The van der Waals surface area contributed by atoms with Gasteiger partial charge in [0.05, 0.1) is 13.1 Å². The van der Waals surface area contributed by atoms with Crippen LogP contribution in [-0.4, -0.2) is 49.3 Å². The lowest BCUT2D eigenvalue weighted by Crippen LogP contribution is -2.45. The number of rotatable bonds is 5. The van der Waals surface area contributed by atoms with E-state index in [0.29, 0.717) is 32.0 Å². The zero-order chi connectivity index (χ0) is 18.6. The van der Waals surface area contributed by atoms with E-state index >= 15 is 0 Å². The Morgan fingerprint density at radius 1 is 1.27 bits per heavy atom. The predicted octanol–water partition coefficient (Wildman–Crippen LogP) is 2.87. The Kier molecular flexibility index (Phi) is 6.06. The predicted molar refractivity (Wildman–Crippen MR) is 97.3 cm³/mol. The standard InChI is InChI=1S/C19H27F3N4/c1-2-23-18(25-17-8-9-26(12-17)13-19(20,21)22)24-11-14-6-7-15-4-3-5-16(15)10-14/h6-7,10,17H,2-5,8-9,11-13H2,1H3,(H2,23,24,25). The number of hydrogen-bond donors (Lipinski definition) is 2. The molecule has 0 amide bonds. The van der Waals surface area contributed by atoms with E-state index in [4.69, 9.17) is 0 Å². The van der Waals surface area contributed by atoms with Crippen molar-refractivity contribution in [2.45, 2.75) is 51.4 Å². The number of aryl methyl sites for hydroxylation is 2. The van der Waals surface area contributed by atoms with E-state index < -0.39 is 12.7 Å². The van der Waals surface area contributed by atoms with Crippen LogP contribution in [-0.2, 0) is 19.4 Å². The summed E-state index contributed by atoms with van der Waals surface area (Å²) in [6.45, 7) is 3.28. The van der Waals surface area contributed by atoms with Crippen molar-refractivity contribution in [2.24, 2.45) is 4.99 Å². The van der Waals surface area contributed by atoms with Gasteiger partial charge in [-0.1, -0.05) is 18.2 Å². The first kappa shape index (κ1) is 19.0. The molecular formula is C19H27F3N4. The Morgan fingerprint density at radius 2 is 2.08 bits per heavy atom. The number of alkyl halides is 3. The van der Waals surface area contributed by atoms with Crippen molar-refractivity contribution >= 4 is 5.96 Å². The summed E-state index contributed by atoms with van der Waals surface area (Å²) in [6.07, 6.45) is 0.0875. The molecule has 1 aliphatic carbocycles. The number of likely N-dealkylation sites (tertiary alicyclic amines) is 1. The minimum Gasteiger partial charge on any atom is -0.357 e. The summed E-state index contributed by atoms with van der Waals surface area (Å²) >= 11 is 0. The highest BCUT2D eigenvalue weighted by atomic mass is 19.4. The SMILES string of the molecule is CCNC(=NCc1ccc2c(c1)CCC2)NC1CCN(CC(F)(F)F)C1. The smallest absolute Gasteiger partial charge is 0.357 e. The molecule has 1 atom stereocenters. The van der Waals surface area contributed by atoms with Gasteiger partial charge in [0.25, 0.3) is 0 Å². The second-order valence-corrected chi connectivity index (χ2v) is 7.13. The van der Waals surface area contributed by atoms with E-state index in [1.54, 1.807) is 0 Å². The van der Waals surface area contributed by atoms with Gasteiger partial charge < -0.3 is 10.6 Å². The molecule has 1 heterocycles. The van der Waals surface area contributed by atoms with Gasteiger partial charge in [0.15, 0.2) is 5.96 Å². The number of benzene rings is 1. The molecule has 0 saturated carbocycles. The monoisotopic (exact) mass is 368 g/mol. The maximum Gasteiger partial charge on any atom is 0.401 e. The second kappa shape index (κ2) is 8.29. The van der Waals surface area contributed by atoms with Crippen LogP contribution < -0.4 is 10.6 Å². The third-order valence-corrected chi connectivity index (χ3v) is 4.94. The average Bonchev–Trinajstić information content (AvgIpc) is 3.20. The van der Waals surface area contributed by atoms with Crippen LogP contribution >= 0.6 is 0 Å². The Hall–Kier alpha value is -1.76. The van der Waals surface area contributed by atoms with Crippen molar-refractivity contribution in [3.8, 4) is 0 Å². The van der Waals surface area contributed by atoms with Gasteiger partial charge in [-0.25, -0.2) is 4.99 Å². The molecule has 3 rings (SSSR count). The summed E-state index contributed by atoms with van der Waals surface area (Å²) in [5.74, 6) is 0.673. The topological polar surface area (TPSA) is 39.7 Å². The van der Waals surface area contributed by atoms with E-state index in [0.717, 1.165) is 13.0 Å². The summed E-state index contributed by atoms with van der Waals surface area (Å²) in [7, 11) is 0. The zero-order valence-corrected chi connectivity index (χ0v) is 15.2. The van der Waals surface area contributed by atoms with Crippen LogP contribution in [0.5, 0.6) is 0 Å². The molecule has 0 aromatic heterocycles. The van der Waals surface area contributed by atoms with Gasteiger partial charge in [-0.3, -0.25) is 4.90 Å². The highest BCUT2D eigenvalue weighted by Crippen LogP contribution is 2.23. The maximum absolute atomic E-state index is 12.5. The first-order valence-corrected chi connectivity index (χ1v) is 9.37. The lowest BCUT2D eigenvalue weighted by Gasteiger charge is -2.19. The molecule has 1 aliphatic heterocycles. The molecule has 1 unspecified atom stereocenters. The number of guanidine groups is 1. The summed E-state index contributed by atoms with van der Waals surface area (Å²) < 4.78 is 37.6. The van der Waals surface area contributed by atoms with E-state index in [-0.39, 0.29) is 6.04 Å². The van der Waals surface area contributed by atoms with Crippen LogP contribution in [0.3, 0.4) is 0 Å². The highest BCUT2D eigenvalue weighted by molar-refractivity contribution is 5.80. The van der Waals surface area contributed by atoms with Crippen molar-refractivity contribution in [2.75, 3.05) is 26.2 Å². The molecule has 1 aromatic rings. The molecule has 2 N–H and O–H groups in total. The zero-order valence-electron chi connectivity index (χ0n) is 15.2. The van der Waals surface area contributed by atoms with Crippen molar-refractivity contribution in [1.29, 1.82) is 0 Å². The number of fused-ring (bicyclic) bond motifs is 1. The van der Waals surface area contributed by atoms with E-state index in [9.17, 15) is 13.2 Å². The second-order valence-electron chi connectivity index (χ2n) is 7.13. The summed E-state index contributed by atoms with van der Waals surface area (Å²) in [5, 5.41) is 6.48. The van der Waals surface area contributed by atoms with Crippen LogP contribution in [0.15, 0.2) is 23.2 Å². The maximum atomic E-state index is 12.5. The van der Waals surface area contributed by atoms with Crippen LogP contribution in [0, 0.1) is 0 Å². The molecule has 0 bridgehead atoms. The number of nitrogens with one attached hydrogen (secondary N) is 2. The fourth-order valence-electron chi connectivity index (χ4n) is 3.75. The Morgan fingerprint density at radius 3 is 2.85 bits per heavy atom. The fraction of sp³-hybridized carbons (Fsp3) is 0.632. The van der Waals surface area contributed by atoms with E-state index in [1.807, 2.05) is 6.92 Å². The van der Waals surface area contributed by atoms with Gasteiger partial charge in [0.2, 0.25) is 0 Å².